The maximum Gasteiger partial charge on any atom is 0.309 e. The quantitative estimate of drug-likeness (QED) is 0.503. The minimum Gasteiger partial charge on any atom is -0.460 e. The van der Waals surface area contributed by atoms with Crippen LogP contribution in [-0.4, -0.2) is 11.6 Å². The lowest BCUT2D eigenvalue weighted by atomic mass is 9.79. The number of carbonyl (C=O) groups excluding carboxylic acids is 1. The second-order valence-corrected chi connectivity index (χ2v) is 6.34. The van der Waals surface area contributed by atoms with E-state index in [0.29, 0.717) is 17.8 Å². The molecule has 0 aromatic heterocycles. The minimum atomic E-state index is -0.362. The first kappa shape index (κ1) is 11.7. The third-order valence-electron chi connectivity index (χ3n) is 4.07. The largest absolute Gasteiger partial charge is 0.460 e. The SMILES string of the molecule is C=C1C2CC(C(=O)OC(C)(C)C)C(C2)C1C. The van der Waals surface area contributed by atoms with Crippen LogP contribution in [0.4, 0.5) is 0 Å². The Morgan fingerprint density at radius 1 is 1.38 bits per heavy atom. The molecule has 2 aliphatic rings. The van der Waals surface area contributed by atoms with Gasteiger partial charge in [-0.05, 0) is 51.4 Å². The number of hydrogen-bond acceptors (Lipinski definition) is 2. The van der Waals surface area contributed by atoms with Gasteiger partial charge in [-0.15, -0.1) is 0 Å². The zero-order chi connectivity index (χ0) is 12.1. The Morgan fingerprint density at radius 2 is 2.00 bits per heavy atom. The lowest BCUT2D eigenvalue weighted by Gasteiger charge is -2.30. The number of allylic oxidation sites excluding steroid dienone is 1. The Hall–Kier alpha value is -0.790. The number of esters is 1. The van der Waals surface area contributed by atoms with Gasteiger partial charge in [0.2, 0.25) is 0 Å². The molecule has 2 bridgehead atoms. The van der Waals surface area contributed by atoms with E-state index in [9.17, 15) is 4.79 Å². The number of ether oxygens (including phenoxy) is 1. The summed E-state index contributed by atoms with van der Waals surface area (Å²) in [4.78, 5) is 12.1. The normalized spacial score (nSPS) is 37.9. The average Bonchev–Trinajstić information content (AvgIpc) is 2.65. The molecule has 4 unspecified atom stereocenters. The van der Waals surface area contributed by atoms with Gasteiger partial charge in [0, 0.05) is 0 Å². The van der Waals surface area contributed by atoms with E-state index in [1.165, 1.54) is 5.57 Å². The van der Waals surface area contributed by atoms with Crippen molar-refractivity contribution in [3.05, 3.63) is 12.2 Å². The van der Waals surface area contributed by atoms with E-state index in [4.69, 9.17) is 4.74 Å². The molecule has 2 aliphatic carbocycles. The Kier molecular flexibility index (Phi) is 2.64. The van der Waals surface area contributed by atoms with Crippen molar-refractivity contribution in [2.75, 3.05) is 0 Å². The molecule has 0 saturated heterocycles. The second-order valence-electron chi connectivity index (χ2n) is 6.34. The zero-order valence-corrected chi connectivity index (χ0v) is 10.7. The van der Waals surface area contributed by atoms with E-state index in [2.05, 4.69) is 13.5 Å². The van der Waals surface area contributed by atoms with Crippen molar-refractivity contribution in [2.24, 2.45) is 23.7 Å². The van der Waals surface area contributed by atoms with E-state index < -0.39 is 0 Å². The van der Waals surface area contributed by atoms with Crippen LogP contribution in [0.15, 0.2) is 12.2 Å². The van der Waals surface area contributed by atoms with E-state index in [1.54, 1.807) is 0 Å². The van der Waals surface area contributed by atoms with E-state index in [0.717, 1.165) is 12.8 Å². The molecule has 0 spiro atoms. The molecule has 0 N–H and O–H groups in total. The maximum absolute atomic E-state index is 12.1. The highest BCUT2D eigenvalue weighted by Gasteiger charge is 2.50. The van der Waals surface area contributed by atoms with Crippen molar-refractivity contribution < 1.29 is 9.53 Å². The first-order valence-corrected chi connectivity index (χ1v) is 6.21. The maximum atomic E-state index is 12.1. The van der Waals surface area contributed by atoms with Crippen molar-refractivity contribution in [3.8, 4) is 0 Å². The van der Waals surface area contributed by atoms with E-state index in [-0.39, 0.29) is 17.5 Å². The van der Waals surface area contributed by atoms with Crippen LogP contribution >= 0.6 is 0 Å². The van der Waals surface area contributed by atoms with Gasteiger partial charge < -0.3 is 4.74 Å². The molecule has 0 aromatic rings. The predicted molar refractivity (Wildman–Crippen MR) is 63.9 cm³/mol. The molecule has 2 rings (SSSR count). The van der Waals surface area contributed by atoms with Gasteiger partial charge >= 0.3 is 5.97 Å². The smallest absolute Gasteiger partial charge is 0.309 e. The molecule has 0 radical (unpaired) electrons. The number of hydrogen-bond donors (Lipinski definition) is 0. The van der Waals surface area contributed by atoms with E-state index in [1.807, 2.05) is 20.8 Å². The Balaban J connectivity index is 2.04. The minimum absolute atomic E-state index is 0.000602. The van der Waals surface area contributed by atoms with Gasteiger partial charge in [0.15, 0.2) is 0 Å². The van der Waals surface area contributed by atoms with E-state index >= 15 is 0 Å². The van der Waals surface area contributed by atoms with Crippen LogP contribution in [-0.2, 0) is 9.53 Å². The van der Waals surface area contributed by atoms with Crippen molar-refractivity contribution in [3.63, 3.8) is 0 Å². The molecule has 90 valence electrons. The Morgan fingerprint density at radius 3 is 2.44 bits per heavy atom. The van der Waals surface area contributed by atoms with Crippen LogP contribution in [0.25, 0.3) is 0 Å². The molecule has 16 heavy (non-hydrogen) atoms. The van der Waals surface area contributed by atoms with Gasteiger partial charge in [0.05, 0.1) is 5.92 Å². The molecule has 2 nitrogen and oxygen atoms in total. The fourth-order valence-corrected chi connectivity index (χ4v) is 3.22. The van der Waals surface area contributed by atoms with Crippen LogP contribution in [0.1, 0.15) is 40.5 Å². The van der Waals surface area contributed by atoms with Gasteiger partial charge in [-0.25, -0.2) is 0 Å². The van der Waals surface area contributed by atoms with Gasteiger partial charge in [-0.2, -0.15) is 0 Å². The van der Waals surface area contributed by atoms with Crippen molar-refractivity contribution in [2.45, 2.75) is 46.1 Å². The van der Waals surface area contributed by atoms with Gasteiger partial charge in [-0.3, -0.25) is 4.79 Å². The zero-order valence-electron chi connectivity index (χ0n) is 10.7. The summed E-state index contributed by atoms with van der Waals surface area (Å²) < 4.78 is 5.49. The van der Waals surface area contributed by atoms with Crippen LogP contribution in [0.3, 0.4) is 0 Å². The number of fused-ring (bicyclic) bond motifs is 2. The molecule has 4 atom stereocenters. The summed E-state index contributed by atoms with van der Waals surface area (Å²) in [5, 5.41) is 0. The summed E-state index contributed by atoms with van der Waals surface area (Å²) in [6.45, 7) is 12.1. The Labute approximate surface area is 98.1 Å². The highest BCUT2D eigenvalue weighted by molar-refractivity contribution is 5.74. The van der Waals surface area contributed by atoms with Crippen molar-refractivity contribution >= 4 is 5.97 Å². The monoisotopic (exact) mass is 222 g/mol. The highest BCUT2D eigenvalue weighted by atomic mass is 16.6. The number of carbonyl (C=O) groups is 1. The summed E-state index contributed by atoms with van der Waals surface area (Å²) in [6, 6.07) is 0. The van der Waals surface area contributed by atoms with Gasteiger partial charge in [0.25, 0.3) is 0 Å². The topological polar surface area (TPSA) is 26.3 Å². The Bertz CT molecular complexity index is 320. The second kappa shape index (κ2) is 3.61. The fraction of sp³-hybridized carbons (Fsp3) is 0.786. The fourth-order valence-electron chi connectivity index (χ4n) is 3.22. The van der Waals surface area contributed by atoms with Crippen LogP contribution in [0.5, 0.6) is 0 Å². The molecule has 0 aromatic carbocycles. The standard InChI is InChI=1S/C14H22O2/c1-8-9(2)11-6-10(8)7-12(11)13(15)16-14(3,4)5/h9-12H,1,6-7H2,2-5H3. The van der Waals surface area contributed by atoms with Gasteiger partial charge in [0.1, 0.15) is 5.60 Å². The average molecular weight is 222 g/mol. The molecule has 2 saturated carbocycles. The number of rotatable bonds is 1. The molecule has 0 heterocycles. The molecular weight excluding hydrogens is 200 g/mol. The van der Waals surface area contributed by atoms with Crippen molar-refractivity contribution in [1.82, 2.24) is 0 Å². The summed E-state index contributed by atoms with van der Waals surface area (Å²) in [7, 11) is 0. The third-order valence-corrected chi connectivity index (χ3v) is 4.07. The predicted octanol–water partition coefficient (Wildman–Crippen LogP) is 3.18. The van der Waals surface area contributed by atoms with Crippen LogP contribution in [0, 0.1) is 23.7 Å². The lowest BCUT2D eigenvalue weighted by Crippen LogP contribution is -2.33. The summed E-state index contributed by atoms with van der Waals surface area (Å²) >= 11 is 0. The summed E-state index contributed by atoms with van der Waals surface area (Å²) in [6.07, 6.45) is 2.10. The summed E-state index contributed by atoms with van der Waals surface area (Å²) in [5.41, 5.74) is 0.990. The molecule has 0 amide bonds. The lowest BCUT2D eigenvalue weighted by molar-refractivity contribution is -0.162. The molecular formula is C14H22O2. The highest BCUT2D eigenvalue weighted by Crippen LogP contribution is 2.54. The first-order valence-electron chi connectivity index (χ1n) is 6.21. The van der Waals surface area contributed by atoms with Crippen molar-refractivity contribution in [1.29, 1.82) is 0 Å². The van der Waals surface area contributed by atoms with Crippen LogP contribution < -0.4 is 0 Å². The van der Waals surface area contributed by atoms with Crippen LogP contribution in [0.2, 0.25) is 0 Å². The third kappa shape index (κ3) is 1.90. The summed E-state index contributed by atoms with van der Waals surface area (Å²) in [5.74, 6) is 1.66. The molecule has 2 heteroatoms. The molecule has 0 aliphatic heterocycles. The first-order chi connectivity index (χ1) is 7.29. The molecule has 2 fully saturated rings. The van der Waals surface area contributed by atoms with Gasteiger partial charge in [-0.1, -0.05) is 19.1 Å².